The second kappa shape index (κ2) is 6.04. The lowest BCUT2D eigenvalue weighted by Gasteiger charge is -2.13. The van der Waals surface area contributed by atoms with Gasteiger partial charge in [0, 0.05) is 17.3 Å². The molecule has 1 aliphatic rings. The van der Waals surface area contributed by atoms with Crippen LogP contribution >= 0.6 is 22.3 Å². The first kappa shape index (κ1) is 16.4. The Bertz CT molecular complexity index is 690. The van der Waals surface area contributed by atoms with Crippen LogP contribution in [0.15, 0.2) is 11.0 Å². The molecule has 0 bridgehead atoms. The first-order valence-electron chi connectivity index (χ1n) is 5.72. The van der Waals surface area contributed by atoms with E-state index in [-0.39, 0.29) is 12.6 Å². The van der Waals surface area contributed by atoms with Crippen molar-refractivity contribution in [1.82, 2.24) is 5.32 Å². The topological polar surface area (TPSA) is 72.5 Å². The summed E-state index contributed by atoms with van der Waals surface area (Å²) in [7, 11) is 0.368. The molecule has 1 unspecified atom stereocenters. The lowest BCUT2D eigenvalue weighted by molar-refractivity contribution is 0.0929. The molecule has 0 saturated carbocycles. The number of carbonyl (C=O) groups is 1. The smallest absolute Gasteiger partial charge is 0.265 e. The quantitative estimate of drug-likeness (QED) is 0.662. The maximum atomic E-state index is 13.5. The Kier molecular flexibility index (Phi) is 4.72. The number of rotatable bonds is 3. The summed E-state index contributed by atoms with van der Waals surface area (Å²) in [5, 5.41) is 1.72. The molecule has 1 aromatic carbocycles. The Morgan fingerprint density at radius 1 is 1.43 bits per heavy atom. The van der Waals surface area contributed by atoms with E-state index in [1.54, 1.807) is 0 Å². The number of halogens is 4. The van der Waals surface area contributed by atoms with Crippen molar-refractivity contribution in [2.24, 2.45) is 0 Å². The molecule has 1 saturated heterocycles. The molecule has 1 heterocycles. The van der Waals surface area contributed by atoms with Crippen molar-refractivity contribution in [3.05, 3.63) is 28.3 Å². The molecule has 21 heavy (non-hydrogen) atoms. The molecular formula is C11H9Cl2F2NO4S. The van der Waals surface area contributed by atoms with Crippen LogP contribution in [0, 0.1) is 11.6 Å². The minimum atomic E-state index is -4.65. The van der Waals surface area contributed by atoms with Gasteiger partial charge in [-0.2, -0.15) is 0 Å². The van der Waals surface area contributed by atoms with Crippen molar-refractivity contribution in [2.75, 3.05) is 13.2 Å². The SMILES string of the molecule is O=C(NC1CCOC1)c1cc(F)c(F)c(S(=O)(=O)Cl)c1Cl. The van der Waals surface area contributed by atoms with Crippen LogP contribution in [0.4, 0.5) is 8.78 Å². The van der Waals surface area contributed by atoms with Gasteiger partial charge in [-0.05, 0) is 12.5 Å². The standard InChI is InChI=1S/C11H9Cl2F2NO4S/c12-8-6(11(17)16-5-1-2-20-4-5)3-7(14)9(15)10(8)21(13,18)19/h3,5H,1-2,4H2,(H,16,17). The number of amides is 1. The molecule has 1 aromatic rings. The number of hydrogen-bond acceptors (Lipinski definition) is 4. The van der Waals surface area contributed by atoms with Gasteiger partial charge in [0.2, 0.25) is 0 Å². The molecule has 1 amide bonds. The van der Waals surface area contributed by atoms with E-state index < -0.39 is 42.1 Å². The summed E-state index contributed by atoms with van der Waals surface area (Å²) in [6.07, 6.45) is 0.549. The molecule has 0 radical (unpaired) electrons. The molecule has 10 heteroatoms. The molecule has 0 aliphatic carbocycles. The van der Waals surface area contributed by atoms with E-state index in [1.165, 1.54) is 0 Å². The van der Waals surface area contributed by atoms with Crippen LogP contribution in [0.25, 0.3) is 0 Å². The van der Waals surface area contributed by atoms with E-state index in [2.05, 4.69) is 5.32 Å². The summed E-state index contributed by atoms with van der Waals surface area (Å²) in [5.74, 6) is -4.10. The summed E-state index contributed by atoms with van der Waals surface area (Å²) in [5.41, 5.74) is -0.512. The Labute approximate surface area is 128 Å². The summed E-state index contributed by atoms with van der Waals surface area (Å²) in [4.78, 5) is 10.7. The van der Waals surface area contributed by atoms with Crippen LogP contribution in [0.1, 0.15) is 16.8 Å². The van der Waals surface area contributed by atoms with E-state index in [0.29, 0.717) is 19.1 Å². The van der Waals surface area contributed by atoms with Crippen molar-refractivity contribution in [3.63, 3.8) is 0 Å². The summed E-state index contributed by atoms with van der Waals surface area (Å²) < 4.78 is 54.6. The van der Waals surface area contributed by atoms with Crippen molar-refractivity contribution < 1.29 is 26.7 Å². The van der Waals surface area contributed by atoms with E-state index in [4.69, 9.17) is 27.0 Å². The number of hydrogen-bond donors (Lipinski definition) is 1. The lowest BCUT2D eigenvalue weighted by atomic mass is 10.1. The van der Waals surface area contributed by atoms with E-state index in [1.807, 2.05) is 0 Å². The number of ether oxygens (including phenoxy) is 1. The van der Waals surface area contributed by atoms with Gasteiger partial charge in [-0.3, -0.25) is 4.79 Å². The lowest BCUT2D eigenvalue weighted by Crippen LogP contribution is -2.35. The van der Waals surface area contributed by atoms with Gasteiger partial charge in [0.1, 0.15) is 4.90 Å². The van der Waals surface area contributed by atoms with E-state index >= 15 is 0 Å². The fourth-order valence-corrected chi connectivity index (χ4v) is 3.59. The highest BCUT2D eigenvalue weighted by molar-refractivity contribution is 8.13. The Balaban J connectivity index is 2.44. The number of benzene rings is 1. The third-order valence-corrected chi connectivity index (χ3v) is 4.71. The molecule has 1 atom stereocenters. The first-order chi connectivity index (χ1) is 9.71. The zero-order valence-electron chi connectivity index (χ0n) is 10.3. The third kappa shape index (κ3) is 3.45. The van der Waals surface area contributed by atoms with Crippen LogP contribution in [0.2, 0.25) is 5.02 Å². The molecular weight excluding hydrogens is 351 g/mol. The molecule has 5 nitrogen and oxygen atoms in total. The number of nitrogens with one attached hydrogen (secondary N) is 1. The molecule has 1 aliphatic heterocycles. The fraction of sp³-hybridized carbons (Fsp3) is 0.364. The maximum Gasteiger partial charge on any atom is 0.265 e. The first-order valence-corrected chi connectivity index (χ1v) is 8.41. The summed E-state index contributed by atoms with van der Waals surface area (Å²) >= 11 is 5.69. The van der Waals surface area contributed by atoms with Gasteiger partial charge < -0.3 is 10.1 Å². The van der Waals surface area contributed by atoms with Crippen molar-refractivity contribution in [2.45, 2.75) is 17.4 Å². The average Bonchev–Trinajstić information content (AvgIpc) is 2.85. The van der Waals surface area contributed by atoms with Gasteiger partial charge in [0.05, 0.1) is 23.2 Å². The van der Waals surface area contributed by atoms with Crippen LogP contribution < -0.4 is 5.32 Å². The Morgan fingerprint density at radius 2 is 2.10 bits per heavy atom. The molecule has 116 valence electrons. The van der Waals surface area contributed by atoms with Gasteiger partial charge >= 0.3 is 0 Å². The van der Waals surface area contributed by atoms with Gasteiger partial charge in [0.15, 0.2) is 11.6 Å². The van der Waals surface area contributed by atoms with Crippen LogP contribution in [-0.4, -0.2) is 33.6 Å². The minimum Gasteiger partial charge on any atom is -0.379 e. The van der Waals surface area contributed by atoms with Gasteiger partial charge in [-0.1, -0.05) is 11.6 Å². The largest absolute Gasteiger partial charge is 0.379 e. The highest BCUT2D eigenvalue weighted by atomic mass is 35.7. The normalized spacial score (nSPS) is 18.8. The van der Waals surface area contributed by atoms with E-state index in [0.717, 1.165) is 0 Å². The molecule has 1 fully saturated rings. The fourth-order valence-electron chi connectivity index (χ4n) is 1.87. The highest BCUT2D eigenvalue weighted by Gasteiger charge is 2.29. The maximum absolute atomic E-state index is 13.5. The second-order valence-corrected chi connectivity index (χ2v) is 7.22. The second-order valence-electron chi connectivity index (χ2n) is 4.33. The molecule has 2 rings (SSSR count). The predicted molar refractivity (Wildman–Crippen MR) is 71.1 cm³/mol. The monoisotopic (exact) mass is 359 g/mol. The summed E-state index contributed by atoms with van der Waals surface area (Å²) in [6.45, 7) is 0.728. The van der Waals surface area contributed by atoms with Gasteiger partial charge in [-0.15, -0.1) is 0 Å². The average molecular weight is 360 g/mol. The van der Waals surface area contributed by atoms with Crippen molar-refractivity contribution >= 4 is 37.2 Å². The van der Waals surface area contributed by atoms with Gasteiger partial charge in [-0.25, -0.2) is 17.2 Å². The zero-order valence-corrected chi connectivity index (χ0v) is 12.7. The van der Waals surface area contributed by atoms with Gasteiger partial charge in [0.25, 0.3) is 15.0 Å². The predicted octanol–water partition coefficient (Wildman–Crippen LogP) is 2.06. The van der Waals surface area contributed by atoms with Crippen molar-refractivity contribution in [3.8, 4) is 0 Å². The number of carbonyl (C=O) groups excluding carboxylic acids is 1. The van der Waals surface area contributed by atoms with E-state index in [9.17, 15) is 22.0 Å². The highest BCUT2D eigenvalue weighted by Crippen LogP contribution is 2.32. The summed E-state index contributed by atoms with van der Waals surface area (Å²) in [6, 6.07) is 0.215. The zero-order chi connectivity index (χ0) is 15.8. The van der Waals surface area contributed by atoms with Crippen LogP contribution in [0.5, 0.6) is 0 Å². The molecule has 0 aromatic heterocycles. The minimum absolute atomic E-state index is 0.272. The Morgan fingerprint density at radius 3 is 2.62 bits per heavy atom. The third-order valence-electron chi connectivity index (χ3n) is 2.87. The molecule has 0 spiro atoms. The van der Waals surface area contributed by atoms with Crippen LogP contribution in [-0.2, 0) is 13.8 Å². The Hall–Kier alpha value is -0.960. The van der Waals surface area contributed by atoms with Crippen molar-refractivity contribution in [1.29, 1.82) is 0 Å². The molecule has 1 N–H and O–H groups in total. The van der Waals surface area contributed by atoms with Crippen LogP contribution in [0.3, 0.4) is 0 Å².